The van der Waals surface area contributed by atoms with Crippen molar-refractivity contribution >= 4 is 28.7 Å². The Morgan fingerprint density at radius 3 is 2.91 bits per heavy atom. The van der Waals surface area contributed by atoms with Gasteiger partial charge in [0.1, 0.15) is 11.7 Å². The number of thiophene rings is 1. The minimum atomic E-state index is -0.766. The van der Waals surface area contributed by atoms with E-state index in [2.05, 4.69) is 0 Å². The maximum Gasteiger partial charge on any atom is 0.317 e. The van der Waals surface area contributed by atoms with E-state index in [4.69, 9.17) is 9.15 Å². The summed E-state index contributed by atoms with van der Waals surface area (Å²) in [5, 5.41) is 1.95. The molecule has 0 fully saturated rings. The fourth-order valence-electron chi connectivity index (χ4n) is 2.79. The summed E-state index contributed by atoms with van der Waals surface area (Å²) in [5.74, 6) is -0.943. The molecule has 114 valence electrons. The van der Waals surface area contributed by atoms with E-state index in [0.29, 0.717) is 12.2 Å². The Balaban J connectivity index is 1.98. The smallest absolute Gasteiger partial charge is 0.317 e. The van der Waals surface area contributed by atoms with Gasteiger partial charge in [0.25, 0.3) is 0 Å². The molecular formula is C17H16O4S. The number of carbonyl (C=O) groups excluding carboxylic acids is 2. The summed E-state index contributed by atoms with van der Waals surface area (Å²) in [6.07, 6.45) is 3.69. The molecule has 0 unspecified atom stereocenters. The predicted octanol–water partition coefficient (Wildman–Crippen LogP) is 3.66. The zero-order valence-electron chi connectivity index (χ0n) is 12.2. The van der Waals surface area contributed by atoms with Gasteiger partial charge >= 0.3 is 5.97 Å². The molecule has 0 saturated heterocycles. The Hall–Kier alpha value is -2.14. The van der Waals surface area contributed by atoms with Gasteiger partial charge in [0.2, 0.25) is 0 Å². The number of hydrogen-bond acceptors (Lipinski definition) is 5. The van der Waals surface area contributed by atoms with Gasteiger partial charge in [-0.15, -0.1) is 11.3 Å². The molecule has 3 rings (SSSR count). The third-order valence-corrected chi connectivity index (χ3v) is 4.76. The first kappa shape index (κ1) is 14.8. The number of hydrogen-bond donors (Lipinski definition) is 0. The first-order valence-corrected chi connectivity index (χ1v) is 8.07. The molecule has 2 heterocycles. The van der Waals surface area contributed by atoms with Gasteiger partial charge in [-0.2, -0.15) is 0 Å². The van der Waals surface area contributed by atoms with E-state index in [1.165, 1.54) is 6.08 Å². The number of ketones is 1. The van der Waals surface area contributed by atoms with Crippen LogP contribution in [0.25, 0.3) is 5.57 Å². The highest BCUT2D eigenvalue weighted by Crippen LogP contribution is 2.41. The van der Waals surface area contributed by atoms with Crippen LogP contribution in [0.2, 0.25) is 0 Å². The Kier molecular flexibility index (Phi) is 4.24. The Morgan fingerprint density at radius 1 is 1.41 bits per heavy atom. The summed E-state index contributed by atoms with van der Waals surface area (Å²) in [4.78, 5) is 25.7. The maximum absolute atomic E-state index is 12.5. The molecule has 0 bridgehead atoms. The molecule has 0 aromatic carbocycles. The van der Waals surface area contributed by atoms with Gasteiger partial charge in [-0.05, 0) is 48.6 Å². The zero-order chi connectivity index (χ0) is 15.5. The van der Waals surface area contributed by atoms with E-state index in [1.54, 1.807) is 30.6 Å². The highest BCUT2D eigenvalue weighted by Gasteiger charge is 2.40. The van der Waals surface area contributed by atoms with Crippen LogP contribution in [0.15, 0.2) is 46.4 Å². The summed E-state index contributed by atoms with van der Waals surface area (Å²) >= 11 is 1.55. The molecule has 0 saturated carbocycles. The van der Waals surface area contributed by atoms with E-state index >= 15 is 0 Å². The van der Waals surface area contributed by atoms with Gasteiger partial charge in [-0.25, -0.2) is 0 Å². The quantitative estimate of drug-likeness (QED) is 0.638. The largest absolute Gasteiger partial charge is 0.465 e. The van der Waals surface area contributed by atoms with Crippen LogP contribution in [0.3, 0.4) is 0 Å². The minimum absolute atomic E-state index is 0.198. The van der Waals surface area contributed by atoms with Gasteiger partial charge in [-0.3, -0.25) is 9.59 Å². The molecule has 0 spiro atoms. The first-order chi connectivity index (χ1) is 10.7. The molecule has 22 heavy (non-hydrogen) atoms. The Bertz CT molecular complexity index is 682. The second-order valence-electron chi connectivity index (χ2n) is 5.11. The lowest BCUT2D eigenvalue weighted by Crippen LogP contribution is -2.33. The second kappa shape index (κ2) is 6.32. The number of rotatable bonds is 4. The van der Waals surface area contributed by atoms with Crippen LogP contribution in [0.4, 0.5) is 0 Å². The van der Waals surface area contributed by atoms with Gasteiger partial charge in [0.05, 0.1) is 12.9 Å². The third-order valence-electron chi connectivity index (χ3n) is 3.75. The maximum atomic E-state index is 12.5. The summed E-state index contributed by atoms with van der Waals surface area (Å²) in [6, 6.07) is 7.50. The van der Waals surface area contributed by atoms with Gasteiger partial charge in [0.15, 0.2) is 5.78 Å². The van der Waals surface area contributed by atoms with Crippen LogP contribution in [-0.2, 0) is 14.3 Å². The Morgan fingerprint density at radius 2 is 2.27 bits per heavy atom. The second-order valence-corrected chi connectivity index (χ2v) is 6.08. The van der Waals surface area contributed by atoms with E-state index in [0.717, 1.165) is 10.5 Å². The molecule has 2 atom stereocenters. The first-order valence-electron chi connectivity index (χ1n) is 7.19. The summed E-state index contributed by atoms with van der Waals surface area (Å²) in [5.41, 5.74) is 0.828. The fourth-order valence-corrected chi connectivity index (χ4v) is 3.65. The molecule has 0 radical (unpaired) electrons. The van der Waals surface area contributed by atoms with Crippen LogP contribution in [0.5, 0.6) is 0 Å². The van der Waals surface area contributed by atoms with Gasteiger partial charge in [-0.1, -0.05) is 6.07 Å². The molecule has 2 aromatic heterocycles. The van der Waals surface area contributed by atoms with Crippen LogP contribution in [0, 0.1) is 5.92 Å². The molecule has 2 aromatic rings. The van der Waals surface area contributed by atoms with Crippen LogP contribution < -0.4 is 0 Å². The van der Waals surface area contributed by atoms with E-state index in [-0.39, 0.29) is 18.3 Å². The van der Waals surface area contributed by atoms with Crippen molar-refractivity contribution in [1.82, 2.24) is 0 Å². The number of ether oxygens (including phenoxy) is 1. The minimum Gasteiger partial charge on any atom is -0.465 e. The topological polar surface area (TPSA) is 56.5 Å². The van der Waals surface area contributed by atoms with Crippen molar-refractivity contribution in [3.8, 4) is 0 Å². The highest BCUT2D eigenvalue weighted by molar-refractivity contribution is 7.10. The van der Waals surface area contributed by atoms with Crippen molar-refractivity contribution in [2.24, 2.45) is 5.92 Å². The third kappa shape index (κ3) is 2.76. The van der Waals surface area contributed by atoms with E-state index < -0.39 is 11.9 Å². The lowest BCUT2D eigenvalue weighted by atomic mass is 9.77. The number of esters is 1. The number of carbonyl (C=O) groups is 2. The molecule has 4 nitrogen and oxygen atoms in total. The Labute approximate surface area is 132 Å². The monoisotopic (exact) mass is 316 g/mol. The number of allylic oxidation sites excluding steroid dienone is 2. The lowest BCUT2D eigenvalue weighted by Gasteiger charge is -2.27. The SMILES string of the molecule is CCOC(=O)[C@@H]1C(=O)C=C(c2ccco2)C[C@@H]1c1cccs1. The normalized spacial score (nSPS) is 21.5. The summed E-state index contributed by atoms with van der Waals surface area (Å²) in [6.45, 7) is 2.02. The predicted molar refractivity (Wildman–Crippen MR) is 83.5 cm³/mol. The van der Waals surface area contributed by atoms with Crippen molar-refractivity contribution in [3.05, 3.63) is 52.6 Å². The van der Waals surface area contributed by atoms with Crippen molar-refractivity contribution in [3.63, 3.8) is 0 Å². The van der Waals surface area contributed by atoms with E-state index in [9.17, 15) is 9.59 Å². The molecule has 5 heteroatoms. The van der Waals surface area contributed by atoms with Crippen molar-refractivity contribution in [2.45, 2.75) is 19.3 Å². The van der Waals surface area contributed by atoms with Gasteiger partial charge in [0, 0.05) is 10.8 Å². The molecule has 0 aliphatic heterocycles. The molecule has 0 N–H and O–H groups in total. The van der Waals surface area contributed by atoms with Crippen LogP contribution in [0.1, 0.15) is 29.9 Å². The summed E-state index contributed by atoms with van der Waals surface area (Å²) in [7, 11) is 0. The summed E-state index contributed by atoms with van der Waals surface area (Å²) < 4.78 is 10.5. The standard InChI is InChI=1S/C17H16O4S/c1-2-20-17(19)16-12(15-6-4-8-22-15)9-11(10-13(16)18)14-5-3-7-21-14/h3-8,10,12,16H,2,9H2,1H3/t12-,16+/m1/s1. The van der Waals surface area contributed by atoms with Crippen molar-refractivity contribution in [2.75, 3.05) is 6.61 Å². The average molecular weight is 316 g/mol. The van der Waals surface area contributed by atoms with Crippen LogP contribution >= 0.6 is 11.3 Å². The highest BCUT2D eigenvalue weighted by atomic mass is 32.1. The van der Waals surface area contributed by atoms with Crippen molar-refractivity contribution in [1.29, 1.82) is 0 Å². The molecule has 0 amide bonds. The zero-order valence-corrected chi connectivity index (χ0v) is 13.0. The van der Waals surface area contributed by atoms with Gasteiger partial charge < -0.3 is 9.15 Å². The average Bonchev–Trinajstić information content (AvgIpc) is 3.20. The van der Waals surface area contributed by atoms with E-state index in [1.807, 2.05) is 23.6 Å². The molecule has 1 aliphatic rings. The van der Waals surface area contributed by atoms with Crippen molar-refractivity contribution < 1.29 is 18.7 Å². The molecule has 1 aliphatic carbocycles. The van der Waals surface area contributed by atoms with Crippen LogP contribution in [-0.4, -0.2) is 18.4 Å². The number of furan rings is 1. The molecular weight excluding hydrogens is 300 g/mol. The fraction of sp³-hybridized carbons (Fsp3) is 0.294. The lowest BCUT2D eigenvalue weighted by molar-refractivity contribution is -0.151.